The van der Waals surface area contributed by atoms with Gasteiger partial charge in [-0.15, -0.1) is 0 Å². The summed E-state index contributed by atoms with van der Waals surface area (Å²) >= 11 is 5.88. The molecule has 0 radical (unpaired) electrons. The number of carbonyl (C=O) groups excluding carboxylic acids is 2. The summed E-state index contributed by atoms with van der Waals surface area (Å²) in [6, 6.07) is 13.8. The van der Waals surface area contributed by atoms with Crippen LogP contribution in [-0.2, 0) is 22.9 Å². The van der Waals surface area contributed by atoms with Gasteiger partial charge in [0.05, 0.1) is 10.5 Å². The molecular weight excluding hydrogens is 554 g/mol. The molecule has 3 N–H and O–H groups in total. The number of sulfonamides is 1. The Labute approximate surface area is 239 Å². The summed E-state index contributed by atoms with van der Waals surface area (Å²) in [5.74, 6) is -2.51. The zero-order valence-corrected chi connectivity index (χ0v) is 23.7. The van der Waals surface area contributed by atoms with Crippen LogP contribution in [0.15, 0.2) is 65.7 Å². The first-order valence-electron chi connectivity index (χ1n) is 13.0. The van der Waals surface area contributed by atoms with Gasteiger partial charge >= 0.3 is 5.97 Å². The van der Waals surface area contributed by atoms with E-state index in [1.54, 1.807) is 12.1 Å². The zero-order valence-electron chi connectivity index (χ0n) is 22.2. The predicted molar refractivity (Wildman–Crippen MR) is 152 cm³/mol. The van der Waals surface area contributed by atoms with Crippen molar-refractivity contribution in [2.45, 2.75) is 56.8 Å². The van der Waals surface area contributed by atoms with Gasteiger partial charge in [-0.05, 0) is 72.9 Å². The summed E-state index contributed by atoms with van der Waals surface area (Å²) in [6.07, 6.45) is 6.89. The van der Waals surface area contributed by atoms with Crippen LogP contribution in [0.25, 0.3) is 0 Å². The number of rotatable bonds is 14. The van der Waals surface area contributed by atoms with Crippen LogP contribution < -0.4 is 10.0 Å². The zero-order chi connectivity index (χ0) is 29.1. The number of amides is 2. The van der Waals surface area contributed by atoms with Crippen LogP contribution in [0, 0.1) is 0 Å². The van der Waals surface area contributed by atoms with Crippen molar-refractivity contribution in [3.8, 4) is 0 Å². The lowest BCUT2D eigenvalue weighted by atomic mass is 10.0. The fourth-order valence-electron chi connectivity index (χ4n) is 4.04. The van der Waals surface area contributed by atoms with Gasteiger partial charge in [0.1, 0.15) is 5.69 Å². The third-order valence-electron chi connectivity index (χ3n) is 6.27. The first kappa shape index (κ1) is 30.8. The lowest BCUT2D eigenvalue weighted by Gasteiger charge is -2.12. The molecule has 0 saturated heterocycles. The van der Waals surface area contributed by atoms with E-state index in [0.717, 1.165) is 43.9 Å². The summed E-state index contributed by atoms with van der Waals surface area (Å²) in [4.78, 5) is 40.4. The number of carboxylic acid groups (broad SMARTS) is 1. The van der Waals surface area contributed by atoms with E-state index in [4.69, 9.17) is 11.6 Å². The van der Waals surface area contributed by atoms with E-state index in [1.165, 1.54) is 30.3 Å². The molecule has 0 aliphatic heterocycles. The lowest BCUT2D eigenvalue weighted by Crippen LogP contribution is -2.31. The Morgan fingerprint density at radius 1 is 0.900 bits per heavy atom. The minimum absolute atomic E-state index is 0.000696. The lowest BCUT2D eigenvalue weighted by molar-refractivity contribution is 0.0689. The summed E-state index contributed by atoms with van der Waals surface area (Å²) in [6.45, 7) is 2.48. The normalized spacial score (nSPS) is 11.2. The molecule has 0 spiro atoms. The minimum atomic E-state index is -4.27. The topological polar surface area (TPSA) is 143 Å². The molecule has 3 aromatic rings. The molecule has 212 valence electrons. The number of hydrogen-bond donors (Lipinski definition) is 3. The second-order valence-electron chi connectivity index (χ2n) is 9.29. The fourth-order valence-corrected chi connectivity index (χ4v) is 5.13. The fraction of sp³-hybridized carbons (Fsp3) is 0.310. The molecule has 11 heteroatoms. The van der Waals surface area contributed by atoms with Gasteiger partial charge in [-0.25, -0.2) is 22.9 Å². The van der Waals surface area contributed by atoms with Gasteiger partial charge in [0.15, 0.2) is 0 Å². The monoisotopic (exact) mass is 585 g/mol. The van der Waals surface area contributed by atoms with Crippen molar-refractivity contribution in [1.82, 2.24) is 15.0 Å². The molecule has 1 aromatic heterocycles. The van der Waals surface area contributed by atoms with E-state index in [0.29, 0.717) is 30.0 Å². The van der Waals surface area contributed by atoms with E-state index in [9.17, 15) is 27.9 Å². The van der Waals surface area contributed by atoms with Gasteiger partial charge in [-0.1, -0.05) is 56.3 Å². The summed E-state index contributed by atoms with van der Waals surface area (Å²) < 4.78 is 27.9. The Kier molecular flexibility index (Phi) is 11.2. The number of carboxylic acids is 1. The number of hydrogen-bond acceptors (Lipinski definition) is 6. The SMILES string of the molecule is CCCCCCCc1cc(C(=O)O)ncc1C(=O)NS(=O)(=O)c1ccc(C(=O)NCCc2ccc(Cl)cc2)cc1. The van der Waals surface area contributed by atoms with Crippen molar-refractivity contribution in [1.29, 1.82) is 0 Å². The number of nitrogens with zero attached hydrogens (tertiary/aromatic N) is 1. The maximum absolute atomic E-state index is 13.0. The van der Waals surface area contributed by atoms with Gasteiger partial charge in [-0.3, -0.25) is 9.59 Å². The number of carbonyl (C=O) groups is 3. The van der Waals surface area contributed by atoms with E-state index < -0.39 is 21.9 Å². The molecule has 0 aliphatic carbocycles. The summed E-state index contributed by atoms with van der Waals surface area (Å²) in [7, 11) is -4.27. The van der Waals surface area contributed by atoms with Crippen LogP contribution in [-0.4, -0.2) is 42.8 Å². The number of halogens is 1. The van der Waals surface area contributed by atoms with Gasteiger partial charge in [0.25, 0.3) is 21.8 Å². The van der Waals surface area contributed by atoms with Crippen molar-refractivity contribution >= 4 is 39.4 Å². The van der Waals surface area contributed by atoms with Gasteiger partial charge in [0, 0.05) is 23.3 Å². The van der Waals surface area contributed by atoms with Crippen molar-refractivity contribution in [2.75, 3.05) is 6.54 Å². The minimum Gasteiger partial charge on any atom is -0.477 e. The molecular formula is C29H32ClN3O6S. The molecule has 3 rings (SSSR count). The third kappa shape index (κ3) is 8.89. The van der Waals surface area contributed by atoms with Gasteiger partial charge < -0.3 is 10.4 Å². The van der Waals surface area contributed by atoms with Crippen molar-refractivity contribution < 1.29 is 27.9 Å². The number of benzene rings is 2. The maximum atomic E-state index is 13.0. The van der Waals surface area contributed by atoms with Crippen LogP contribution >= 0.6 is 11.6 Å². The Bertz CT molecular complexity index is 1440. The highest BCUT2D eigenvalue weighted by Gasteiger charge is 2.22. The Balaban J connectivity index is 1.64. The number of pyridine rings is 1. The predicted octanol–water partition coefficient (Wildman–Crippen LogP) is 5.04. The second kappa shape index (κ2) is 14.6. The van der Waals surface area contributed by atoms with E-state index in [2.05, 4.69) is 17.2 Å². The molecule has 1 heterocycles. The highest BCUT2D eigenvalue weighted by Crippen LogP contribution is 2.17. The van der Waals surface area contributed by atoms with Gasteiger partial charge in [-0.2, -0.15) is 0 Å². The van der Waals surface area contributed by atoms with E-state index in [1.807, 2.05) is 16.9 Å². The largest absolute Gasteiger partial charge is 0.477 e. The molecule has 40 heavy (non-hydrogen) atoms. The molecule has 0 bridgehead atoms. The Morgan fingerprint density at radius 3 is 2.23 bits per heavy atom. The average molecular weight is 586 g/mol. The first-order chi connectivity index (χ1) is 19.1. The standard InChI is InChI=1S/C29H32ClN3O6S/c1-2-3-4-5-6-7-22-18-26(29(36)37)32-19-25(22)28(35)33-40(38,39)24-14-10-21(11-15-24)27(34)31-17-16-20-8-12-23(30)13-9-20/h8-15,18-19H,2-7,16-17H2,1H3,(H,31,34)(H,33,35)(H,36,37). The highest BCUT2D eigenvalue weighted by atomic mass is 35.5. The molecule has 0 fully saturated rings. The molecule has 9 nitrogen and oxygen atoms in total. The van der Waals surface area contributed by atoms with Crippen LogP contribution in [0.2, 0.25) is 5.02 Å². The van der Waals surface area contributed by atoms with E-state index >= 15 is 0 Å². The Hall–Kier alpha value is -3.76. The number of aryl methyl sites for hydroxylation is 1. The molecule has 0 unspecified atom stereocenters. The molecule has 2 amide bonds. The highest BCUT2D eigenvalue weighted by molar-refractivity contribution is 7.90. The smallest absolute Gasteiger partial charge is 0.354 e. The molecule has 0 saturated carbocycles. The van der Waals surface area contributed by atoms with Crippen molar-refractivity contribution in [2.24, 2.45) is 0 Å². The number of unbranched alkanes of at least 4 members (excludes halogenated alkanes) is 4. The Morgan fingerprint density at radius 2 is 1.57 bits per heavy atom. The van der Waals surface area contributed by atoms with E-state index in [-0.39, 0.29) is 27.6 Å². The number of aromatic nitrogens is 1. The molecule has 0 atom stereocenters. The van der Waals surface area contributed by atoms with Crippen molar-refractivity contribution in [3.05, 3.63) is 93.8 Å². The van der Waals surface area contributed by atoms with Crippen molar-refractivity contribution in [3.63, 3.8) is 0 Å². The summed E-state index contributed by atoms with van der Waals surface area (Å²) in [5.41, 5.74) is 1.47. The quantitative estimate of drug-likeness (QED) is 0.225. The number of nitrogens with one attached hydrogen (secondary N) is 2. The third-order valence-corrected chi connectivity index (χ3v) is 7.87. The van der Waals surface area contributed by atoms with Gasteiger partial charge in [0.2, 0.25) is 0 Å². The second-order valence-corrected chi connectivity index (χ2v) is 11.4. The maximum Gasteiger partial charge on any atom is 0.354 e. The number of aromatic carboxylic acids is 1. The average Bonchev–Trinajstić information content (AvgIpc) is 2.93. The summed E-state index contributed by atoms with van der Waals surface area (Å²) in [5, 5.41) is 12.7. The van der Waals surface area contributed by atoms with Crippen LogP contribution in [0.4, 0.5) is 0 Å². The van der Waals surface area contributed by atoms with Crippen LogP contribution in [0.3, 0.4) is 0 Å². The molecule has 2 aromatic carbocycles. The van der Waals surface area contributed by atoms with Crippen LogP contribution in [0.5, 0.6) is 0 Å². The first-order valence-corrected chi connectivity index (χ1v) is 14.9. The molecule has 0 aliphatic rings. The van der Waals surface area contributed by atoms with Crippen LogP contribution in [0.1, 0.15) is 81.4 Å².